The number of hydrogen-bond acceptors (Lipinski definition) is 7. The zero-order valence-electron chi connectivity index (χ0n) is 17.7. The van der Waals surface area contributed by atoms with Crippen molar-refractivity contribution in [3.63, 3.8) is 0 Å². The van der Waals surface area contributed by atoms with E-state index in [9.17, 15) is 20.1 Å². The summed E-state index contributed by atoms with van der Waals surface area (Å²) in [7, 11) is 0. The first-order chi connectivity index (χ1) is 16.0. The normalized spacial score (nSPS) is 25.0. The molecule has 2 aromatic carbocycles. The first-order valence-corrected chi connectivity index (χ1v) is 10.7. The van der Waals surface area contributed by atoms with Crippen LogP contribution in [0, 0.1) is 0 Å². The summed E-state index contributed by atoms with van der Waals surface area (Å²) in [6.07, 6.45) is -0.712. The van der Waals surface area contributed by atoms with Crippen molar-refractivity contribution < 1.29 is 20.1 Å². The maximum atomic E-state index is 13.1. The molecule has 33 heavy (non-hydrogen) atoms. The molecular weight excluding hydrogens is 424 g/mol. The molecule has 9 nitrogen and oxygen atoms in total. The summed E-state index contributed by atoms with van der Waals surface area (Å²) in [4.78, 5) is 21.9. The number of nitrogens with zero attached hydrogens (tertiary/aromatic N) is 4. The average molecular weight is 448 g/mol. The summed E-state index contributed by atoms with van der Waals surface area (Å²) in [6, 6.07) is 18.9. The van der Waals surface area contributed by atoms with Crippen molar-refractivity contribution in [3.05, 3.63) is 94.8 Å². The van der Waals surface area contributed by atoms with E-state index >= 15 is 0 Å². The minimum Gasteiger partial charge on any atom is -0.394 e. The number of aromatic nitrogens is 4. The number of ether oxygens (including phenoxy) is 1. The Balaban J connectivity index is 1.61. The Kier molecular flexibility index (Phi) is 5.55. The van der Waals surface area contributed by atoms with Crippen LogP contribution in [0.3, 0.4) is 0 Å². The summed E-state index contributed by atoms with van der Waals surface area (Å²) in [5.74, 6) is 0. The molecule has 0 radical (unpaired) electrons. The van der Waals surface area contributed by atoms with E-state index in [0.29, 0.717) is 6.54 Å². The van der Waals surface area contributed by atoms with Crippen LogP contribution in [0.2, 0.25) is 0 Å². The number of benzene rings is 2. The fourth-order valence-electron chi connectivity index (χ4n) is 4.43. The maximum Gasteiger partial charge on any atom is 0.281 e. The smallest absolute Gasteiger partial charge is 0.281 e. The van der Waals surface area contributed by atoms with Crippen LogP contribution >= 0.6 is 0 Å². The number of hydrogen-bond donors (Lipinski definition) is 3. The first-order valence-electron chi connectivity index (χ1n) is 10.7. The third kappa shape index (κ3) is 3.65. The minimum absolute atomic E-state index is 0.124. The Morgan fingerprint density at radius 1 is 0.939 bits per heavy atom. The summed E-state index contributed by atoms with van der Waals surface area (Å²) < 4.78 is 9.03. The second-order valence-corrected chi connectivity index (χ2v) is 8.23. The van der Waals surface area contributed by atoms with Crippen LogP contribution in [0.1, 0.15) is 11.1 Å². The number of imidazole rings is 1. The van der Waals surface area contributed by atoms with Crippen molar-refractivity contribution in [1.29, 1.82) is 0 Å². The van der Waals surface area contributed by atoms with Gasteiger partial charge in [-0.15, -0.1) is 0 Å². The van der Waals surface area contributed by atoms with E-state index in [1.165, 1.54) is 21.8 Å². The van der Waals surface area contributed by atoms with Gasteiger partial charge in [0.05, 0.1) is 19.5 Å². The van der Waals surface area contributed by atoms with Crippen LogP contribution in [0.4, 0.5) is 0 Å². The van der Waals surface area contributed by atoms with E-state index in [-0.39, 0.29) is 23.1 Å². The molecule has 0 aliphatic carbocycles. The average Bonchev–Trinajstić information content (AvgIpc) is 3.38. The third-order valence-corrected chi connectivity index (χ3v) is 6.13. The number of fused-ring (bicyclic) bond motifs is 1. The number of aliphatic hydroxyl groups is 3. The molecule has 9 heteroatoms. The molecule has 1 fully saturated rings. The molecule has 4 atom stereocenters. The fraction of sp³-hybridized carbons (Fsp3) is 0.292. The maximum absolute atomic E-state index is 13.1. The molecule has 3 N–H and O–H groups in total. The molecular formula is C24H24N4O5. The van der Waals surface area contributed by atoms with Gasteiger partial charge in [-0.3, -0.25) is 13.9 Å². The number of aliphatic hydroxyl groups excluding tert-OH is 3. The van der Waals surface area contributed by atoms with Crippen LogP contribution in [0.25, 0.3) is 11.2 Å². The van der Waals surface area contributed by atoms with Gasteiger partial charge in [0.2, 0.25) is 0 Å². The fourth-order valence-corrected chi connectivity index (χ4v) is 4.43. The van der Waals surface area contributed by atoms with Crippen LogP contribution in [0.5, 0.6) is 0 Å². The van der Waals surface area contributed by atoms with Crippen molar-refractivity contribution in [2.45, 2.75) is 37.0 Å². The lowest BCUT2D eigenvalue weighted by molar-refractivity contribution is -0.145. The number of rotatable bonds is 6. The molecule has 0 bridgehead atoms. The molecule has 1 aliphatic rings. The van der Waals surface area contributed by atoms with Gasteiger partial charge in [-0.25, -0.2) is 9.97 Å². The second-order valence-electron chi connectivity index (χ2n) is 8.23. The van der Waals surface area contributed by atoms with Crippen LogP contribution in [0.15, 0.2) is 78.1 Å². The Hall–Kier alpha value is -3.37. The van der Waals surface area contributed by atoms with Gasteiger partial charge in [-0.2, -0.15) is 0 Å². The Morgan fingerprint density at radius 3 is 2.24 bits per heavy atom. The third-order valence-electron chi connectivity index (χ3n) is 6.13. The second kappa shape index (κ2) is 8.53. The Morgan fingerprint density at radius 2 is 1.61 bits per heavy atom. The molecule has 1 aliphatic heterocycles. The van der Waals surface area contributed by atoms with Crippen molar-refractivity contribution in [2.75, 3.05) is 6.61 Å². The summed E-state index contributed by atoms with van der Waals surface area (Å²) in [5.41, 5.74) is 0.298. The van der Waals surface area contributed by atoms with Crippen molar-refractivity contribution in [2.24, 2.45) is 0 Å². The first kappa shape index (κ1) is 21.5. The minimum atomic E-state index is -1.51. The van der Waals surface area contributed by atoms with Gasteiger partial charge in [-0.1, -0.05) is 60.7 Å². The predicted molar refractivity (Wildman–Crippen MR) is 119 cm³/mol. The van der Waals surface area contributed by atoms with E-state index < -0.39 is 30.6 Å². The molecule has 4 aromatic rings. The lowest BCUT2D eigenvalue weighted by Crippen LogP contribution is -2.47. The molecule has 5 rings (SSSR count). The SMILES string of the molecule is O=c1c2ncn([C@]3(Cc4ccccc4)O[C@H](CO)[C@@H](O)[C@H]3O)c2ncn1Cc1ccccc1. The van der Waals surface area contributed by atoms with Gasteiger partial charge in [0.15, 0.2) is 16.9 Å². The van der Waals surface area contributed by atoms with E-state index in [1.54, 1.807) is 0 Å². The quantitative estimate of drug-likeness (QED) is 0.396. The largest absolute Gasteiger partial charge is 0.394 e. The Labute approximate surface area is 189 Å². The van der Waals surface area contributed by atoms with E-state index in [1.807, 2.05) is 60.7 Å². The molecule has 2 aromatic heterocycles. The van der Waals surface area contributed by atoms with Gasteiger partial charge >= 0.3 is 0 Å². The lowest BCUT2D eigenvalue weighted by atomic mass is 9.95. The van der Waals surface area contributed by atoms with Gasteiger partial charge in [0, 0.05) is 6.42 Å². The van der Waals surface area contributed by atoms with Crippen LogP contribution < -0.4 is 5.56 Å². The molecule has 0 unspecified atom stereocenters. The van der Waals surface area contributed by atoms with Crippen molar-refractivity contribution >= 4 is 11.2 Å². The zero-order chi connectivity index (χ0) is 23.0. The predicted octanol–water partition coefficient (Wildman–Crippen LogP) is 0.650. The van der Waals surface area contributed by atoms with E-state index in [0.717, 1.165) is 11.1 Å². The van der Waals surface area contributed by atoms with Gasteiger partial charge in [-0.05, 0) is 11.1 Å². The van der Waals surface area contributed by atoms with E-state index in [4.69, 9.17) is 4.74 Å². The molecule has 0 saturated carbocycles. The highest BCUT2D eigenvalue weighted by Gasteiger charge is 2.56. The molecule has 0 amide bonds. The van der Waals surface area contributed by atoms with Crippen molar-refractivity contribution in [1.82, 2.24) is 19.1 Å². The van der Waals surface area contributed by atoms with E-state index in [2.05, 4.69) is 9.97 Å². The van der Waals surface area contributed by atoms with Crippen LogP contribution in [-0.2, 0) is 23.4 Å². The summed E-state index contributed by atoms with van der Waals surface area (Å²) >= 11 is 0. The molecule has 170 valence electrons. The lowest BCUT2D eigenvalue weighted by Gasteiger charge is -2.34. The highest BCUT2D eigenvalue weighted by molar-refractivity contribution is 5.69. The highest BCUT2D eigenvalue weighted by atomic mass is 16.6. The van der Waals surface area contributed by atoms with Crippen LogP contribution in [-0.4, -0.2) is 59.3 Å². The molecule has 0 spiro atoms. The Bertz CT molecular complexity index is 1310. The van der Waals surface area contributed by atoms with Gasteiger partial charge in [0.25, 0.3) is 5.56 Å². The zero-order valence-corrected chi connectivity index (χ0v) is 17.7. The van der Waals surface area contributed by atoms with Gasteiger partial charge < -0.3 is 20.1 Å². The summed E-state index contributed by atoms with van der Waals surface area (Å²) in [5, 5.41) is 31.3. The monoisotopic (exact) mass is 448 g/mol. The van der Waals surface area contributed by atoms with Gasteiger partial charge in [0.1, 0.15) is 24.6 Å². The molecule has 3 heterocycles. The molecule has 1 saturated heterocycles. The highest BCUT2D eigenvalue weighted by Crippen LogP contribution is 2.39. The summed E-state index contributed by atoms with van der Waals surface area (Å²) in [6.45, 7) is -0.131. The standard InChI is InChI=1S/C24H24N4O5/c29-13-18-20(30)21(31)24(33-18,11-16-7-3-1-4-8-16)28-15-25-19-22(28)26-14-27(23(19)32)12-17-9-5-2-6-10-17/h1-10,14-15,18,20-21,29-31H,11-13H2/t18-,20-,21-,24-/m1/s1. The topological polar surface area (TPSA) is 123 Å². The van der Waals surface area contributed by atoms with Crippen molar-refractivity contribution in [3.8, 4) is 0 Å².